The molecule has 0 bridgehead atoms. The van der Waals surface area contributed by atoms with Gasteiger partial charge in [-0.15, -0.1) is 0 Å². The van der Waals surface area contributed by atoms with Gasteiger partial charge in [-0.05, 0) is 32.0 Å². The monoisotopic (exact) mass is 255 g/mol. The summed E-state index contributed by atoms with van der Waals surface area (Å²) in [6, 6.07) is 2.16. The fraction of sp³-hybridized carbons (Fsp3) is 0.636. The van der Waals surface area contributed by atoms with Crippen LogP contribution in [0.25, 0.3) is 0 Å². The van der Waals surface area contributed by atoms with Gasteiger partial charge >= 0.3 is 5.00 Å². The van der Waals surface area contributed by atoms with Gasteiger partial charge in [0.2, 0.25) is 0 Å². The summed E-state index contributed by atoms with van der Waals surface area (Å²) in [6.45, 7) is 2.96. The summed E-state index contributed by atoms with van der Waals surface area (Å²) in [4.78, 5) is 12.5. The largest absolute Gasteiger partial charge is 0.324 e. The molecule has 2 heterocycles. The highest BCUT2D eigenvalue weighted by Gasteiger charge is 2.17. The maximum absolute atomic E-state index is 10.6. The quantitative estimate of drug-likeness (QED) is 0.659. The van der Waals surface area contributed by atoms with E-state index in [-0.39, 0.29) is 9.92 Å². The minimum atomic E-state index is -0.331. The van der Waals surface area contributed by atoms with Crippen LogP contribution in [0.5, 0.6) is 0 Å². The molecule has 94 valence electrons. The number of likely N-dealkylation sites (tertiary alicyclic amines) is 1. The summed E-state index contributed by atoms with van der Waals surface area (Å²) in [5.74, 6) is 0. The van der Waals surface area contributed by atoms with E-state index in [0.29, 0.717) is 6.04 Å². The number of nitrogens with one attached hydrogen (secondary N) is 1. The van der Waals surface area contributed by atoms with Gasteiger partial charge in [-0.25, -0.2) is 0 Å². The Morgan fingerprint density at radius 2 is 2.53 bits per heavy atom. The van der Waals surface area contributed by atoms with Crippen molar-refractivity contribution in [1.82, 2.24) is 10.2 Å². The Labute approximate surface area is 105 Å². The van der Waals surface area contributed by atoms with Gasteiger partial charge in [-0.3, -0.25) is 10.1 Å². The van der Waals surface area contributed by atoms with Crippen molar-refractivity contribution in [2.75, 3.05) is 20.1 Å². The molecule has 1 aliphatic rings. The zero-order valence-electron chi connectivity index (χ0n) is 9.89. The lowest BCUT2D eigenvalue weighted by molar-refractivity contribution is -0.380. The van der Waals surface area contributed by atoms with Crippen molar-refractivity contribution in [3.63, 3.8) is 0 Å². The Bertz CT molecular complexity index is 394. The molecule has 1 aliphatic heterocycles. The molecule has 0 aliphatic carbocycles. The van der Waals surface area contributed by atoms with E-state index in [1.165, 1.54) is 30.7 Å². The van der Waals surface area contributed by atoms with Crippen molar-refractivity contribution in [3.05, 3.63) is 27.1 Å². The van der Waals surface area contributed by atoms with Crippen LogP contribution in [-0.2, 0) is 6.54 Å². The highest BCUT2D eigenvalue weighted by Crippen LogP contribution is 2.22. The summed E-state index contributed by atoms with van der Waals surface area (Å²) in [6.07, 6.45) is 2.41. The van der Waals surface area contributed by atoms with Crippen LogP contribution in [0.3, 0.4) is 0 Å². The number of nitro groups is 1. The maximum Gasteiger partial charge on any atom is 0.324 e. The lowest BCUT2D eigenvalue weighted by Crippen LogP contribution is -2.43. The van der Waals surface area contributed by atoms with E-state index >= 15 is 0 Å². The third kappa shape index (κ3) is 3.49. The number of piperidine rings is 1. The predicted octanol–water partition coefficient (Wildman–Crippen LogP) is 1.84. The van der Waals surface area contributed by atoms with E-state index in [1.54, 1.807) is 6.07 Å². The minimum Gasteiger partial charge on any atom is -0.309 e. The van der Waals surface area contributed by atoms with Gasteiger partial charge in [0.05, 0.1) is 4.92 Å². The molecule has 0 saturated carbocycles. The molecule has 6 heteroatoms. The van der Waals surface area contributed by atoms with Crippen LogP contribution in [0, 0.1) is 10.1 Å². The second-order valence-corrected chi connectivity index (χ2v) is 5.42. The third-order valence-electron chi connectivity index (χ3n) is 3.04. The minimum absolute atomic E-state index is 0.225. The second-order valence-electron chi connectivity index (χ2n) is 4.53. The van der Waals surface area contributed by atoms with Gasteiger partial charge in [-0.2, -0.15) is 0 Å². The number of hydrogen-bond acceptors (Lipinski definition) is 5. The molecule has 1 atom stereocenters. The van der Waals surface area contributed by atoms with E-state index in [0.717, 1.165) is 18.7 Å². The molecule has 0 aromatic carbocycles. The van der Waals surface area contributed by atoms with Gasteiger partial charge in [0.15, 0.2) is 0 Å². The molecule has 1 unspecified atom stereocenters. The first kappa shape index (κ1) is 12.5. The topological polar surface area (TPSA) is 58.4 Å². The molecule has 0 spiro atoms. The average molecular weight is 255 g/mol. The highest BCUT2D eigenvalue weighted by molar-refractivity contribution is 7.13. The lowest BCUT2D eigenvalue weighted by atomic mass is 10.1. The predicted molar refractivity (Wildman–Crippen MR) is 68.3 cm³/mol. The molecule has 1 aromatic rings. The van der Waals surface area contributed by atoms with Crippen molar-refractivity contribution in [3.8, 4) is 0 Å². The Morgan fingerprint density at radius 1 is 1.71 bits per heavy atom. The summed E-state index contributed by atoms with van der Waals surface area (Å²) in [5.41, 5.74) is 1.01. The first-order valence-corrected chi connectivity index (χ1v) is 6.67. The molecule has 17 heavy (non-hydrogen) atoms. The van der Waals surface area contributed by atoms with E-state index in [2.05, 4.69) is 17.3 Å². The van der Waals surface area contributed by atoms with E-state index < -0.39 is 0 Å². The molecule has 1 aromatic heterocycles. The maximum atomic E-state index is 10.6. The van der Waals surface area contributed by atoms with Crippen molar-refractivity contribution >= 4 is 16.3 Å². The normalized spacial score (nSPS) is 21.6. The van der Waals surface area contributed by atoms with Crippen LogP contribution >= 0.6 is 11.3 Å². The van der Waals surface area contributed by atoms with Crippen molar-refractivity contribution in [2.24, 2.45) is 0 Å². The summed E-state index contributed by atoms with van der Waals surface area (Å²) >= 11 is 1.20. The third-order valence-corrected chi connectivity index (χ3v) is 3.97. The van der Waals surface area contributed by atoms with E-state index in [4.69, 9.17) is 0 Å². The zero-order valence-corrected chi connectivity index (χ0v) is 10.7. The van der Waals surface area contributed by atoms with Crippen molar-refractivity contribution in [1.29, 1.82) is 0 Å². The number of hydrogen-bond donors (Lipinski definition) is 1. The summed E-state index contributed by atoms with van der Waals surface area (Å²) in [7, 11) is 2.13. The van der Waals surface area contributed by atoms with Crippen LogP contribution in [-0.4, -0.2) is 36.0 Å². The number of rotatable bonds is 4. The average Bonchev–Trinajstić information content (AvgIpc) is 2.75. The summed E-state index contributed by atoms with van der Waals surface area (Å²) in [5, 5.41) is 16.1. The van der Waals surface area contributed by atoms with Crippen molar-refractivity contribution in [2.45, 2.75) is 25.4 Å². The Hall–Kier alpha value is -0.980. The number of nitrogens with zero attached hydrogens (tertiary/aromatic N) is 2. The highest BCUT2D eigenvalue weighted by atomic mass is 32.1. The first-order chi connectivity index (χ1) is 8.15. The van der Waals surface area contributed by atoms with E-state index in [1.807, 2.05) is 5.38 Å². The zero-order chi connectivity index (χ0) is 12.3. The van der Waals surface area contributed by atoms with Crippen LogP contribution in [0.2, 0.25) is 0 Å². The Balaban J connectivity index is 1.82. The standard InChI is InChI=1S/C11H17N3O2S/c1-13-4-2-3-10(7-13)12-6-9-5-11(14(15)16)17-8-9/h5,8,10,12H,2-4,6-7H2,1H3. The molecule has 1 N–H and O–H groups in total. The van der Waals surface area contributed by atoms with E-state index in [9.17, 15) is 10.1 Å². The molecular weight excluding hydrogens is 238 g/mol. The van der Waals surface area contributed by atoms with Gasteiger partial charge in [0.25, 0.3) is 0 Å². The van der Waals surface area contributed by atoms with Gasteiger partial charge in [0.1, 0.15) is 0 Å². The summed E-state index contributed by atoms with van der Waals surface area (Å²) < 4.78 is 0. The van der Waals surface area contributed by atoms with Gasteiger partial charge < -0.3 is 10.2 Å². The molecule has 1 fully saturated rings. The molecule has 0 radical (unpaired) electrons. The van der Waals surface area contributed by atoms with Crippen LogP contribution in [0.15, 0.2) is 11.4 Å². The molecule has 2 rings (SSSR count). The van der Waals surface area contributed by atoms with Gasteiger partial charge in [0, 0.05) is 30.6 Å². The Kier molecular flexibility index (Phi) is 4.09. The van der Waals surface area contributed by atoms with Crippen LogP contribution < -0.4 is 5.32 Å². The van der Waals surface area contributed by atoms with Crippen LogP contribution in [0.1, 0.15) is 18.4 Å². The fourth-order valence-electron chi connectivity index (χ4n) is 2.15. The van der Waals surface area contributed by atoms with Gasteiger partial charge in [-0.1, -0.05) is 11.3 Å². The molecular formula is C11H17N3O2S. The number of likely N-dealkylation sites (N-methyl/N-ethyl adjacent to an activating group) is 1. The number of thiophene rings is 1. The fourth-order valence-corrected chi connectivity index (χ4v) is 2.88. The second kappa shape index (κ2) is 5.57. The lowest BCUT2D eigenvalue weighted by Gasteiger charge is -2.30. The van der Waals surface area contributed by atoms with Crippen LogP contribution in [0.4, 0.5) is 5.00 Å². The first-order valence-electron chi connectivity index (χ1n) is 5.79. The van der Waals surface area contributed by atoms with Crippen molar-refractivity contribution < 1.29 is 4.92 Å². The molecule has 5 nitrogen and oxygen atoms in total. The Morgan fingerprint density at radius 3 is 3.18 bits per heavy atom. The molecule has 0 amide bonds. The smallest absolute Gasteiger partial charge is 0.309 e. The SMILES string of the molecule is CN1CCCC(NCc2csc([N+](=O)[O-])c2)C1. The molecule has 1 saturated heterocycles.